The Bertz CT molecular complexity index is 274. The Morgan fingerprint density at radius 1 is 1.27 bits per heavy atom. The Hall–Kier alpha value is -1.16. The summed E-state index contributed by atoms with van der Waals surface area (Å²) in [5.74, 6) is 0.198. The van der Waals surface area contributed by atoms with E-state index in [4.69, 9.17) is 0 Å². The Balaban J connectivity index is 2.42. The largest absolute Gasteiger partial charge is 0.435 e. The Kier molecular flexibility index (Phi) is 5.04. The molecule has 1 aromatic carbocycles. The molecule has 15 heavy (non-hydrogen) atoms. The summed E-state index contributed by atoms with van der Waals surface area (Å²) in [6.45, 7) is 1.04. The number of ether oxygens (including phenoxy) is 1. The van der Waals surface area contributed by atoms with Crippen LogP contribution in [0.2, 0.25) is 0 Å². The fraction of sp³-hybridized carbons (Fsp3) is 0.455. The third-order valence-electron chi connectivity index (χ3n) is 1.90. The average Bonchev–Trinajstić information content (AvgIpc) is 2.20. The second kappa shape index (κ2) is 6.35. The van der Waals surface area contributed by atoms with E-state index in [1.165, 1.54) is 0 Å². The molecule has 0 aliphatic carbocycles. The predicted octanol–water partition coefficient (Wildman–Crippen LogP) is 2.79. The van der Waals surface area contributed by atoms with E-state index < -0.39 is 6.61 Å². The van der Waals surface area contributed by atoms with Crippen LogP contribution >= 0.6 is 0 Å². The summed E-state index contributed by atoms with van der Waals surface area (Å²) < 4.78 is 27.9. The molecule has 84 valence electrons. The quantitative estimate of drug-likeness (QED) is 0.737. The van der Waals surface area contributed by atoms with Gasteiger partial charge in [0.2, 0.25) is 0 Å². The second-order valence-electron chi connectivity index (χ2n) is 3.20. The number of alkyl halides is 2. The van der Waals surface area contributed by atoms with E-state index in [0.717, 1.165) is 25.1 Å². The van der Waals surface area contributed by atoms with Gasteiger partial charge in [-0.1, -0.05) is 19.1 Å². The van der Waals surface area contributed by atoms with Crippen LogP contribution in [-0.4, -0.2) is 13.2 Å². The lowest BCUT2D eigenvalue weighted by molar-refractivity contribution is -0.0498. The third-order valence-corrected chi connectivity index (χ3v) is 1.90. The smallest absolute Gasteiger partial charge is 0.387 e. The van der Waals surface area contributed by atoms with Gasteiger partial charge < -0.3 is 10.1 Å². The molecule has 0 saturated heterocycles. The van der Waals surface area contributed by atoms with Gasteiger partial charge in [0, 0.05) is 6.54 Å². The fourth-order valence-electron chi connectivity index (χ4n) is 1.20. The van der Waals surface area contributed by atoms with Gasteiger partial charge in [-0.05, 0) is 30.7 Å². The minimum atomic E-state index is -2.76. The van der Waals surface area contributed by atoms with Crippen molar-refractivity contribution in [3.05, 3.63) is 29.8 Å². The molecule has 0 aliphatic rings. The Labute approximate surface area is 88.3 Å². The standard InChI is InChI=1S/C11H15F2NO/c1-2-7-14-8-9-3-5-10(6-4-9)15-11(12)13/h3-6,11,14H,2,7-8H2,1H3. The Morgan fingerprint density at radius 3 is 2.47 bits per heavy atom. The summed E-state index contributed by atoms with van der Waals surface area (Å²) >= 11 is 0. The summed E-state index contributed by atoms with van der Waals surface area (Å²) in [4.78, 5) is 0. The van der Waals surface area contributed by atoms with Crippen LogP contribution in [0.3, 0.4) is 0 Å². The van der Waals surface area contributed by atoms with Gasteiger partial charge in [-0.15, -0.1) is 0 Å². The number of rotatable bonds is 6. The molecule has 1 aromatic rings. The maximum atomic E-state index is 11.8. The minimum absolute atomic E-state index is 0.198. The van der Waals surface area contributed by atoms with Crippen LogP contribution < -0.4 is 10.1 Å². The zero-order chi connectivity index (χ0) is 11.1. The van der Waals surface area contributed by atoms with E-state index >= 15 is 0 Å². The van der Waals surface area contributed by atoms with Crippen molar-refractivity contribution in [2.24, 2.45) is 0 Å². The first-order valence-corrected chi connectivity index (χ1v) is 4.97. The molecule has 0 unspecified atom stereocenters. The highest BCUT2D eigenvalue weighted by atomic mass is 19.3. The first-order chi connectivity index (χ1) is 7.22. The maximum absolute atomic E-state index is 11.8. The monoisotopic (exact) mass is 215 g/mol. The van der Waals surface area contributed by atoms with Crippen molar-refractivity contribution < 1.29 is 13.5 Å². The van der Waals surface area contributed by atoms with Crippen LogP contribution in [0.15, 0.2) is 24.3 Å². The zero-order valence-corrected chi connectivity index (χ0v) is 8.67. The molecule has 4 heteroatoms. The lowest BCUT2D eigenvalue weighted by Crippen LogP contribution is -2.13. The van der Waals surface area contributed by atoms with E-state index in [0.29, 0.717) is 0 Å². The van der Waals surface area contributed by atoms with Crippen LogP contribution in [-0.2, 0) is 6.54 Å². The first-order valence-electron chi connectivity index (χ1n) is 4.97. The van der Waals surface area contributed by atoms with Gasteiger partial charge in [0.25, 0.3) is 0 Å². The normalized spacial score (nSPS) is 10.7. The van der Waals surface area contributed by atoms with Gasteiger partial charge in [0.1, 0.15) is 5.75 Å². The predicted molar refractivity (Wildman–Crippen MR) is 55.1 cm³/mol. The number of nitrogens with one attached hydrogen (secondary N) is 1. The highest BCUT2D eigenvalue weighted by molar-refractivity contribution is 5.27. The molecule has 0 saturated carbocycles. The molecule has 0 bridgehead atoms. The van der Waals surface area contributed by atoms with Crippen LogP contribution in [0, 0.1) is 0 Å². The highest BCUT2D eigenvalue weighted by Gasteiger charge is 2.03. The lowest BCUT2D eigenvalue weighted by atomic mass is 10.2. The summed E-state index contributed by atoms with van der Waals surface area (Å²) in [6, 6.07) is 6.66. The van der Waals surface area contributed by atoms with Crippen molar-refractivity contribution in [2.45, 2.75) is 26.5 Å². The third kappa shape index (κ3) is 4.74. The minimum Gasteiger partial charge on any atom is -0.435 e. The van der Waals surface area contributed by atoms with E-state index in [1.807, 2.05) is 0 Å². The molecule has 0 amide bonds. The molecule has 0 radical (unpaired) electrons. The summed E-state index contributed by atoms with van der Waals surface area (Å²) in [5, 5.41) is 3.22. The van der Waals surface area contributed by atoms with Gasteiger partial charge in [0.05, 0.1) is 0 Å². The van der Waals surface area contributed by atoms with Crippen molar-refractivity contribution in [2.75, 3.05) is 6.54 Å². The average molecular weight is 215 g/mol. The van der Waals surface area contributed by atoms with Crippen LogP contribution in [0.5, 0.6) is 5.75 Å². The van der Waals surface area contributed by atoms with E-state index in [9.17, 15) is 8.78 Å². The van der Waals surface area contributed by atoms with E-state index in [2.05, 4.69) is 17.0 Å². The van der Waals surface area contributed by atoms with Crippen molar-refractivity contribution >= 4 is 0 Å². The molecular formula is C11H15F2NO. The molecule has 1 rings (SSSR count). The molecule has 2 nitrogen and oxygen atoms in total. The van der Waals surface area contributed by atoms with Gasteiger partial charge in [-0.2, -0.15) is 8.78 Å². The van der Waals surface area contributed by atoms with Crippen LogP contribution in [0.4, 0.5) is 8.78 Å². The molecule has 0 atom stereocenters. The van der Waals surface area contributed by atoms with Gasteiger partial charge in [-0.25, -0.2) is 0 Å². The molecule has 0 spiro atoms. The van der Waals surface area contributed by atoms with Gasteiger partial charge in [-0.3, -0.25) is 0 Å². The van der Waals surface area contributed by atoms with Crippen LogP contribution in [0.25, 0.3) is 0 Å². The van der Waals surface area contributed by atoms with Gasteiger partial charge >= 0.3 is 6.61 Å². The van der Waals surface area contributed by atoms with E-state index in [1.54, 1.807) is 24.3 Å². The van der Waals surface area contributed by atoms with Crippen molar-refractivity contribution in [1.82, 2.24) is 5.32 Å². The van der Waals surface area contributed by atoms with Crippen molar-refractivity contribution in [3.63, 3.8) is 0 Å². The summed E-state index contributed by atoms with van der Waals surface area (Å²) in [6.07, 6.45) is 1.08. The maximum Gasteiger partial charge on any atom is 0.387 e. The first kappa shape index (κ1) is 11.9. The fourth-order valence-corrected chi connectivity index (χ4v) is 1.20. The number of benzene rings is 1. The molecule has 0 fully saturated rings. The zero-order valence-electron chi connectivity index (χ0n) is 8.67. The highest BCUT2D eigenvalue weighted by Crippen LogP contribution is 2.14. The summed E-state index contributed by atoms with van der Waals surface area (Å²) in [5.41, 5.74) is 1.06. The van der Waals surface area contributed by atoms with E-state index in [-0.39, 0.29) is 5.75 Å². The second-order valence-corrected chi connectivity index (χ2v) is 3.20. The Morgan fingerprint density at radius 2 is 1.93 bits per heavy atom. The lowest BCUT2D eigenvalue weighted by Gasteiger charge is -2.06. The SMILES string of the molecule is CCCNCc1ccc(OC(F)F)cc1. The topological polar surface area (TPSA) is 21.3 Å². The molecule has 0 aromatic heterocycles. The van der Waals surface area contributed by atoms with Crippen molar-refractivity contribution in [1.29, 1.82) is 0 Å². The molecule has 1 N–H and O–H groups in total. The molecular weight excluding hydrogens is 200 g/mol. The number of halogens is 2. The molecule has 0 aliphatic heterocycles. The van der Waals surface area contributed by atoms with Crippen LogP contribution in [0.1, 0.15) is 18.9 Å². The number of hydrogen-bond acceptors (Lipinski definition) is 2. The molecule has 0 heterocycles. The van der Waals surface area contributed by atoms with Crippen molar-refractivity contribution in [3.8, 4) is 5.75 Å². The summed E-state index contributed by atoms with van der Waals surface area (Å²) in [7, 11) is 0. The van der Waals surface area contributed by atoms with Gasteiger partial charge in [0.15, 0.2) is 0 Å². The number of hydrogen-bond donors (Lipinski definition) is 1.